The largest absolute Gasteiger partial charge is 0.469 e. The molecule has 0 saturated carbocycles. The smallest absolute Gasteiger partial charge is 0.313 e. The number of esters is 1. The summed E-state index contributed by atoms with van der Waals surface area (Å²) in [5.41, 5.74) is -0.566. The maximum Gasteiger partial charge on any atom is 0.313 e. The number of nitrogens with zero attached hydrogens (tertiary/aromatic N) is 1. The fourth-order valence-electron chi connectivity index (χ4n) is 1.61. The Morgan fingerprint density at radius 1 is 1.57 bits per heavy atom. The molecule has 1 saturated heterocycles. The van der Waals surface area contributed by atoms with Gasteiger partial charge in [0.1, 0.15) is 0 Å². The van der Waals surface area contributed by atoms with E-state index < -0.39 is 5.41 Å². The van der Waals surface area contributed by atoms with Crippen LogP contribution >= 0.6 is 0 Å². The molecule has 0 aromatic carbocycles. The number of hydrogen-bond donors (Lipinski definition) is 0. The topological polar surface area (TPSA) is 38.8 Å². The molecule has 0 aliphatic carbocycles. The maximum absolute atomic E-state index is 11.5. The molecule has 0 aromatic rings. The van der Waals surface area contributed by atoms with Crippen molar-refractivity contribution in [2.45, 2.75) is 20.0 Å². The molecular weight excluding hydrogens is 182 g/mol. The lowest BCUT2D eigenvalue weighted by molar-refractivity contribution is -0.165. The number of morpholine rings is 1. The fraction of sp³-hybridized carbons (Fsp3) is 0.900. The van der Waals surface area contributed by atoms with Crippen molar-refractivity contribution in [3.8, 4) is 0 Å². The molecule has 0 spiro atoms. The second-order valence-electron chi connectivity index (χ2n) is 4.33. The van der Waals surface area contributed by atoms with Crippen molar-refractivity contribution in [3.63, 3.8) is 0 Å². The van der Waals surface area contributed by atoms with E-state index in [9.17, 15) is 4.79 Å². The zero-order valence-corrected chi connectivity index (χ0v) is 9.37. The van der Waals surface area contributed by atoms with E-state index in [2.05, 4.69) is 4.90 Å². The SMILES string of the molecule is COC(=O)C(C)(C)C1CN(C)CCO1. The van der Waals surface area contributed by atoms with E-state index in [1.807, 2.05) is 20.9 Å². The van der Waals surface area contributed by atoms with E-state index in [1.165, 1.54) is 7.11 Å². The van der Waals surface area contributed by atoms with Crippen LogP contribution < -0.4 is 0 Å². The van der Waals surface area contributed by atoms with Crippen LogP contribution in [-0.2, 0) is 14.3 Å². The summed E-state index contributed by atoms with van der Waals surface area (Å²) in [6, 6.07) is 0. The molecule has 4 heteroatoms. The van der Waals surface area contributed by atoms with Gasteiger partial charge in [0, 0.05) is 13.1 Å². The Bertz CT molecular complexity index is 215. The summed E-state index contributed by atoms with van der Waals surface area (Å²) < 4.78 is 10.4. The van der Waals surface area contributed by atoms with Gasteiger partial charge >= 0.3 is 5.97 Å². The summed E-state index contributed by atoms with van der Waals surface area (Å²) in [6.45, 7) is 6.11. The molecule has 0 N–H and O–H groups in total. The molecular formula is C10H19NO3. The molecule has 1 unspecified atom stereocenters. The molecule has 0 bridgehead atoms. The average molecular weight is 201 g/mol. The van der Waals surface area contributed by atoms with E-state index in [1.54, 1.807) is 0 Å². The fourth-order valence-corrected chi connectivity index (χ4v) is 1.61. The third-order valence-corrected chi connectivity index (χ3v) is 2.79. The minimum atomic E-state index is -0.566. The highest BCUT2D eigenvalue weighted by Crippen LogP contribution is 2.27. The van der Waals surface area contributed by atoms with Gasteiger partial charge in [-0.05, 0) is 20.9 Å². The number of carbonyl (C=O) groups excluding carboxylic acids is 1. The van der Waals surface area contributed by atoms with Crippen LogP contribution in [0.15, 0.2) is 0 Å². The summed E-state index contributed by atoms with van der Waals surface area (Å²) in [7, 11) is 3.44. The number of hydrogen-bond acceptors (Lipinski definition) is 4. The van der Waals surface area contributed by atoms with Gasteiger partial charge in [-0.15, -0.1) is 0 Å². The second-order valence-corrected chi connectivity index (χ2v) is 4.33. The lowest BCUT2D eigenvalue weighted by Gasteiger charge is -2.38. The van der Waals surface area contributed by atoms with Crippen molar-refractivity contribution in [2.24, 2.45) is 5.41 Å². The Labute approximate surface area is 85.2 Å². The van der Waals surface area contributed by atoms with Crippen molar-refractivity contribution >= 4 is 5.97 Å². The van der Waals surface area contributed by atoms with Gasteiger partial charge in [0.15, 0.2) is 0 Å². The normalized spacial score (nSPS) is 24.7. The molecule has 1 fully saturated rings. The molecule has 4 nitrogen and oxygen atoms in total. The quantitative estimate of drug-likeness (QED) is 0.610. The van der Waals surface area contributed by atoms with Crippen LogP contribution in [0.2, 0.25) is 0 Å². The number of ether oxygens (including phenoxy) is 2. The van der Waals surface area contributed by atoms with E-state index in [0.717, 1.165) is 13.1 Å². The van der Waals surface area contributed by atoms with Crippen molar-refractivity contribution in [2.75, 3.05) is 33.9 Å². The highest BCUT2D eigenvalue weighted by molar-refractivity contribution is 5.76. The van der Waals surface area contributed by atoms with Crippen LogP contribution in [-0.4, -0.2) is 50.8 Å². The zero-order valence-electron chi connectivity index (χ0n) is 9.37. The minimum absolute atomic E-state index is 0.0753. The third-order valence-electron chi connectivity index (χ3n) is 2.79. The maximum atomic E-state index is 11.5. The number of carbonyl (C=O) groups is 1. The van der Waals surface area contributed by atoms with E-state index in [4.69, 9.17) is 9.47 Å². The molecule has 1 aliphatic heterocycles. The summed E-state index contributed by atoms with van der Waals surface area (Å²) in [6.07, 6.45) is -0.0753. The summed E-state index contributed by atoms with van der Waals surface area (Å²) >= 11 is 0. The van der Waals surface area contributed by atoms with Crippen LogP contribution in [0, 0.1) is 5.41 Å². The third kappa shape index (κ3) is 2.25. The molecule has 82 valence electrons. The van der Waals surface area contributed by atoms with E-state index >= 15 is 0 Å². The molecule has 0 amide bonds. The Balaban J connectivity index is 2.66. The molecule has 1 heterocycles. The molecule has 1 rings (SSSR count). The Kier molecular flexibility index (Phi) is 3.50. The monoisotopic (exact) mass is 201 g/mol. The molecule has 14 heavy (non-hydrogen) atoms. The van der Waals surface area contributed by atoms with Gasteiger partial charge in [0.2, 0.25) is 0 Å². The summed E-state index contributed by atoms with van der Waals surface area (Å²) in [5, 5.41) is 0. The molecule has 1 atom stereocenters. The predicted molar refractivity (Wildman–Crippen MR) is 53.0 cm³/mol. The van der Waals surface area contributed by atoms with Crippen LogP contribution in [0.1, 0.15) is 13.8 Å². The Hall–Kier alpha value is -0.610. The van der Waals surface area contributed by atoms with Crippen LogP contribution in [0.25, 0.3) is 0 Å². The van der Waals surface area contributed by atoms with Gasteiger partial charge in [-0.1, -0.05) is 0 Å². The van der Waals surface area contributed by atoms with Crippen LogP contribution in [0.3, 0.4) is 0 Å². The van der Waals surface area contributed by atoms with E-state index in [0.29, 0.717) is 6.61 Å². The second kappa shape index (κ2) is 4.28. The van der Waals surface area contributed by atoms with Crippen molar-refractivity contribution in [1.29, 1.82) is 0 Å². The summed E-state index contributed by atoms with van der Waals surface area (Å²) in [4.78, 5) is 13.7. The standard InChI is InChI=1S/C10H19NO3/c1-10(2,9(12)13-4)8-7-11(3)5-6-14-8/h8H,5-7H2,1-4H3. The lowest BCUT2D eigenvalue weighted by atomic mass is 9.85. The van der Waals surface area contributed by atoms with E-state index in [-0.39, 0.29) is 12.1 Å². The van der Waals surface area contributed by atoms with Gasteiger partial charge in [-0.25, -0.2) is 0 Å². The van der Waals surface area contributed by atoms with Crippen molar-refractivity contribution in [3.05, 3.63) is 0 Å². The predicted octanol–water partition coefficient (Wildman–Crippen LogP) is 0.516. The molecule has 1 aliphatic rings. The first-order chi connectivity index (χ1) is 6.48. The first-order valence-corrected chi connectivity index (χ1v) is 4.87. The van der Waals surface area contributed by atoms with Crippen LogP contribution in [0.4, 0.5) is 0 Å². The molecule has 0 aromatic heterocycles. The Morgan fingerprint density at radius 2 is 2.21 bits per heavy atom. The zero-order chi connectivity index (χ0) is 10.8. The number of methoxy groups -OCH3 is 1. The van der Waals surface area contributed by atoms with Gasteiger partial charge in [0.25, 0.3) is 0 Å². The summed E-state index contributed by atoms with van der Waals surface area (Å²) in [5.74, 6) is -0.210. The van der Waals surface area contributed by atoms with Gasteiger partial charge < -0.3 is 14.4 Å². The first-order valence-electron chi connectivity index (χ1n) is 4.87. The first kappa shape index (κ1) is 11.5. The van der Waals surface area contributed by atoms with Crippen molar-refractivity contribution in [1.82, 2.24) is 4.90 Å². The van der Waals surface area contributed by atoms with Crippen LogP contribution in [0.5, 0.6) is 0 Å². The van der Waals surface area contributed by atoms with Gasteiger partial charge in [-0.3, -0.25) is 4.79 Å². The van der Waals surface area contributed by atoms with Gasteiger partial charge in [0.05, 0.1) is 25.2 Å². The number of likely N-dealkylation sites (N-methyl/N-ethyl adjacent to an activating group) is 1. The van der Waals surface area contributed by atoms with Gasteiger partial charge in [-0.2, -0.15) is 0 Å². The lowest BCUT2D eigenvalue weighted by Crippen LogP contribution is -2.50. The Morgan fingerprint density at radius 3 is 2.71 bits per heavy atom. The average Bonchev–Trinajstić information content (AvgIpc) is 2.16. The van der Waals surface area contributed by atoms with Crippen molar-refractivity contribution < 1.29 is 14.3 Å². The highest BCUT2D eigenvalue weighted by atomic mass is 16.5. The number of rotatable bonds is 2. The minimum Gasteiger partial charge on any atom is -0.469 e. The highest BCUT2D eigenvalue weighted by Gasteiger charge is 2.40. The molecule has 0 radical (unpaired) electrons.